The van der Waals surface area contributed by atoms with Gasteiger partial charge in [-0.2, -0.15) is 0 Å². The number of benzene rings is 1. The molecule has 0 heterocycles. The number of rotatable bonds is 6. The van der Waals surface area contributed by atoms with Gasteiger partial charge in [-0.25, -0.2) is 5.48 Å². The maximum Gasteiger partial charge on any atom is 0.274 e. The van der Waals surface area contributed by atoms with E-state index in [1.165, 1.54) is 12.8 Å². The highest BCUT2D eigenvalue weighted by Crippen LogP contribution is 2.39. The number of unbranched alkanes of at least 4 members (excludes halogenated alkanes) is 1. The van der Waals surface area contributed by atoms with E-state index in [0.717, 1.165) is 62.6 Å². The number of carbonyl (C=O) groups is 2. The topological polar surface area (TPSA) is 69.6 Å². The second-order valence-corrected chi connectivity index (χ2v) is 8.45. The van der Waals surface area contributed by atoms with E-state index in [9.17, 15) is 9.59 Å². The maximum absolute atomic E-state index is 13.6. The average Bonchev–Trinajstić information content (AvgIpc) is 3.21. The summed E-state index contributed by atoms with van der Waals surface area (Å²) >= 11 is 0. The van der Waals surface area contributed by atoms with Crippen molar-refractivity contribution in [2.45, 2.75) is 77.7 Å². The number of hydrogen-bond acceptors (Lipinski definition) is 3. The quantitative estimate of drug-likeness (QED) is 0.588. The number of nitrogens with one attached hydrogen (secondary N) is 1. The fourth-order valence-electron chi connectivity index (χ4n) is 4.68. The molecule has 2 aliphatic carbocycles. The number of hydrogen-bond donors (Lipinski definition) is 2. The van der Waals surface area contributed by atoms with Crippen LogP contribution in [-0.2, 0) is 17.6 Å². The van der Waals surface area contributed by atoms with Gasteiger partial charge in [0.25, 0.3) is 5.91 Å². The monoisotopic (exact) mass is 372 g/mol. The van der Waals surface area contributed by atoms with Gasteiger partial charge < -0.3 is 4.90 Å². The van der Waals surface area contributed by atoms with Crippen molar-refractivity contribution >= 4 is 11.8 Å². The van der Waals surface area contributed by atoms with Gasteiger partial charge in [-0.3, -0.25) is 14.8 Å². The molecule has 1 fully saturated rings. The molecule has 1 saturated carbocycles. The minimum atomic E-state index is -0.491. The van der Waals surface area contributed by atoms with Crippen LogP contribution in [0.5, 0.6) is 0 Å². The Bertz CT molecular complexity index is 697. The average molecular weight is 373 g/mol. The number of nitrogens with zero attached hydrogens (tertiary/aromatic N) is 1. The molecule has 1 aromatic carbocycles. The number of hydroxylamine groups is 1. The van der Waals surface area contributed by atoms with Crippen LogP contribution in [-0.4, -0.2) is 34.5 Å². The number of fused-ring (bicyclic) bond motifs is 1. The summed E-state index contributed by atoms with van der Waals surface area (Å²) in [7, 11) is 0. The maximum atomic E-state index is 13.6. The van der Waals surface area contributed by atoms with E-state index in [4.69, 9.17) is 5.21 Å². The van der Waals surface area contributed by atoms with Crippen LogP contribution in [0, 0.1) is 5.41 Å². The molecule has 1 aromatic rings. The molecule has 148 valence electrons. The van der Waals surface area contributed by atoms with E-state index in [0.29, 0.717) is 17.5 Å². The minimum absolute atomic E-state index is 0.311. The number of aryl methyl sites for hydroxylation is 1. The van der Waals surface area contributed by atoms with Crippen LogP contribution in [0.25, 0.3) is 0 Å². The Kier molecular flexibility index (Phi) is 6.20. The van der Waals surface area contributed by atoms with E-state index < -0.39 is 5.91 Å². The lowest BCUT2D eigenvalue weighted by atomic mass is 9.71. The largest absolute Gasteiger partial charge is 0.339 e. The molecular weight excluding hydrogens is 340 g/mol. The molecule has 27 heavy (non-hydrogen) atoms. The summed E-state index contributed by atoms with van der Waals surface area (Å²) in [4.78, 5) is 27.4. The second-order valence-electron chi connectivity index (χ2n) is 8.45. The van der Waals surface area contributed by atoms with E-state index in [-0.39, 0.29) is 5.41 Å². The molecule has 0 spiro atoms. The van der Waals surface area contributed by atoms with Gasteiger partial charge in [0.2, 0.25) is 5.91 Å². The lowest BCUT2D eigenvalue weighted by Crippen LogP contribution is -2.49. The summed E-state index contributed by atoms with van der Waals surface area (Å²) in [5.74, 6) is -0.181. The van der Waals surface area contributed by atoms with E-state index in [1.54, 1.807) is 11.5 Å². The van der Waals surface area contributed by atoms with Crippen molar-refractivity contribution in [2.24, 2.45) is 5.41 Å². The lowest BCUT2D eigenvalue weighted by molar-refractivity contribution is -0.144. The van der Waals surface area contributed by atoms with E-state index in [1.807, 2.05) is 12.1 Å². The van der Waals surface area contributed by atoms with Crippen molar-refractivity contribution in [3.05, 3.63) is 34.9 Å². The van der Waals surface area contributed by atoms with Crippen molar-refractivity contribution in [1.82, 2.24) is 10.4 Å². The third-order valence-electron chi connectivity index (χ3n) is 6.39. The van der Waals surface area contributed by atoms with Gasteiger partial charge in [0, 0.05) is 18.2 Å². The van der Waals surface area contributed by atoms with Crippen molar-refractivity contribution in [2.75, 3.05) is 6.54 Å². The predicted octanol–water partition coefficient (Wildman–Crippen LogP) is 3.87. The van der Waals surface area contributed by atoms with Crippen molar-refractivity contribution < 1.29 is 14.8 Å². The standard InChI is InChI=1S/C22H32N2O3/c1-3-4-13-24(19-7-5-6-8-19)21(26)22(2)12-11-16-14-17(20(25)23-27)9-10-18(16)15-22/h9-10,14,19,27H,3-8,11-13,15H2,1-2H3,(H,23,25). The molecule has 5 nitrogen and oxygen atoms in total. The predicted molar refractivity (Wildman–Crippen MR) is 105 cm³/mol. The zero-order valence-corrected chi connectivity index (χ0v) is 16.6. The van der Waals surface area contributed by atoms with E-state index >= 15 is 0 Å². The summed E-state index contributed by atoms with van der Waals surface area (Å²) in [6.07, 6.45) is 9.22. The molecule has 0 aromatic heterocycles. The van der Waals surface area contributed by atoms with Crippen molar-refractivity contribution in [3.63, 3.8) is 0 Å². The fraction of sp³-hybridized carbons (Fsp3) is 0.636. The van der Waals surface area contributed by atoms with E-state index in [2.05, 4.69) is 18.7 Å². The molecule has 2 aliphatic rings. The smallest absolute Gasteiger partial charge is 0.274 e. The Morgan fingerprint density at radius 2 is 2.00 bits per heavy atom. The van der Waals surface area contributed by atoms with Gasteiger partial charge in [-0.15, -0.1) is 0 Å². The minimum Gasteiger partial charge on any atom is -0.339 e. The fourth-order valence-corrected chi connectivity index (χ4v) is 4.68. The molecule has 0 aliphatic heterocycles. The molecule has 5 heteroatoms. The Morgan fingerprint density at radius 1 is 1.26 bits per heavy atom. The molecule has 2 N–H and O–H groups in total. The molecule has 0 radical (unpaired) electrons. The highest BCUT2D eigenvalue weighted by Gasteiger charge is 2.41. The Hall–Kier alpha value is -1.88. The molecular formula is C22H32N2O3. The van der Waals surface area contributed by atoms with Gasteiger partial charge in [0.05, 0.1) is 5.41 Å². The first-order chi connectivity index (χ1) is 13.0. The van der Waals surface area contributed by atoms with Crippen LogP contribution in [0.1, 0.15) is 80.3 Å². The van der Waals surface area contributed by atoms with Crippen LogP contribution in [0.2, 0.25) is 0 Å². The van der Waals surface area contributed by atoms with Crippen molar-refractivity contribution in [3.8, 4) is 0 Å². The summed E-state index contributed by atoms with van der Waals surface area (Å²) in [6.45, 7) is 5.16. The van der Waals surface area contributed by atoms with Crippen LogP contribution in [0.3, 0.4) is 0 Å². The Balaban J connectivity index is 1.79. The zero-order valence-electron chi connectivity index (χ0n) is 16.6. The Morgan fingerprint density at radius 3 is 2.67 bits per heavy atom. The highest BCUT2D eigenvalue weighted by molar-refractivity contribution is 5.93. The second kappa shape index (κ2) is 8.42. The Labute approximate surface area is 162 Å². The first-order valence-electron chi connectivity index (χ1n) is 10.4. The third-order valence-corrected chi connectivity index (χ3v) is 6.39. The molecule has 2 amide bonds. The summed E-state index contributed by atoms with van der Waals surface area (Å²) < 4.78 is 0. The molecule has 1 unspecified atom stereocenters. The third kappa shape index (κ3) is 4.18. The van der Waals surface area contributed by atoms with Crippen LogP contribution >= 0.6 is 0 Å². The van der Waals surface area contributed by atoms with Gasteiger partial charge in [0.15, 0.2) is 0 Å². The van der Waals surface area contributed by atoms with Gasteiger partial charge in [-0.1, -0.05) is 39.2 Å². The van der Waals surface area contributed by atoms with Gasteiger partial charge in [-0.05, 0) is 61.8 Å². The molecule has 0 bridgehead atoms. The van der Waals surface area contributed by atoms with Crippen LogP contribution in [0.4, 0.5) is 0 Å². The lowest BCUT2D eigenvalue weighted by Gasteiger charge is -2.40. The SMILES string of the molecule is CCCCN(C(=O)C1(C)CCc2cc(C(=O)NO)ccc2C1)C1CCCC1. The molecule has 3 rings (SSSR count). The summed E-state index contributed by atoms with van der Waals surface area (Å²) in [5.41, 5.74) is 4.04. The molecule has 1 atom stereocenters. The normalized spacial score (nSPS) is 22.3. The first-order valence-corrected chi connectivity index (χ1v) is 10.4. The first kappa shape index (κ1) is 19.9. The molecule has 0 saturated heterocycles. The highest BCUT2D eigenvalue weighted by atomic mass is 16.5. The number of amides is 2. The summed E-state index contributed by atoms with van der Waals surface area (Å²) in [6, 6.07) is 5.93. The zero-order chi connectivity index (χ0) is 19.4. The van der Waals surface area contributed by atoms with Gasteiger partial charge in [0.1, 0.15) is 0 Å². The van der Waals surface area contributed by atoms with Crippen molar-refractivity contribution in [1.29, 1.82) is 0 Å². The number of carbonyl (C=O) groups excluding carboxylic acids is 2. The van der Waals surface area contributed by atoms with Crippen LogP contribution in [0.15, 0.2) is 18.2 Å². The van der Waals surface area contributed by atoms with Crippen LogP contribution < -0.4 is 5.48 Å². The summed E-state index contributed by atoms with van der Waals surface area (Å²) in [5, 5.41) is 8.83. The van der Waals surface area contributed by atoms with Gasteiger partial charge >= 0.3 is 0 Å².